The average molecular weight is 296 g/mol. The first-order chi connectivity index (χ1) is 10.7. The minimum Gasteiger partial charge on any atom is -0.461 e. The summed E-state index contributed by atoms with van der Waals surface area (Å²) in [5.41, 5.74) is 0.771. The lowest BCUT2D eigenvalue weighted by Gasteiger charge is -2.31. The van der Waals surface area contributed by atoms with Gasteiger partial charge in [0.25, 0.3) is 0 Å². The second-order valence-electron chi connectivity index (χ2n) is 5.24. The highest BCUT2D eigenvalue weighted by Crippen LogP contribution is 2.29. The number of hydrogen-bond acceptors (Lipinski definition) is 3. The van der Waals surface area contributed by atoms with E-state index in [9.17, 15) is 9.90 Å². The zero-order valence-corrected chi connectivity index (χ0v) is 12.4. The van der Waals surface area contributed by atoms with Crippen molar-refractivity contribution in [2.45, 2.75) is 11.8 Å². The number of aliphatic hydroxyl groups excluding tert-OH is 1. The van der Waals surface area contributed by atoms with Crippen LogP contribution in [0, 0.1) is 0 Å². The first-order valence-corrected chi connectivity index (χ1v) is 7.21. The van der Waals surface area contributed by atoms with Gasteiger partial charge in [-0.25, -0.2) is 4.79 Å². The number of esters is 1. The lowest BCUT2D eigenvalue weighted by Crippen LogP contribution is -2.36. The Balaban J connectivity index is 2.17. The van der Waals surface area contributed by atoms with E-state index in [1.807, 2.05) is 36.4 Å². The quantitative estimate of drug-likeness (QED) is 0.629. The predicted molar refractivity (Wildman–Crippen MR) is 86.7 cm³/mol. The Hall–Kier alpha value is -2.39. The molecule has 2 aromatic rings. The highest BCUT2D eigenvalue weighted by molar-refractivity contribution is 5.89. The number of hydrogen-bond donors (Lipinski definition) is 1. The molecule has 0 saturated heterocycles. The fourth-order valence-corrected chi connectivity index (χ4v) is 2.39. The number of carbonyl (C=O) groups is 1. The minimum absolute atomic E-state index is 0.104. The zero-order chi connectivity index (χ0) is 15.8. The topological polar surface area (TPSA) is 46.5 Å². The molecule has 0 heterocycles. The summed E-state index contributed by atoms with van der Waals surface area (Å²) < 4.78 is 5.44. The van der Waals surface area contributed by atoms with Crippen LogP contribution in [0.3, 0.4) is 0 Å². The van der Waals surface area contributed by atoms with Gasteiger partial charge in [-0.2, -0.15) is 0 Å². The maximum atomic E-state index is 12.1. The van der Waals surface area contributed by atoms with E-state index in [0.29, 0.717) is 12.0 Å². The standard InChI is InChI=1S/C19H20O3/c1-2-13-19(14-20,17-11-7-4-8-12-17)15-22-18(21)16-9-5-3-6-10-16/h2-12,20H,1,13-15H2. The summed E-state index contributed by atoms with van der Waals surface area (Å²) in [5.74, 6) is -0.390. The minimum atomic E-state index is -0.659. The lowest BCUT2D eigenvalue weighted by atomic mass is 9.79. The summed E-state index contributed by atoms with van der Waals surface area (Å²) in [7, 11) is 0. The zero-order valence-electron chi connectivity index (χ0n) is 12.4. The molecular weight excluding hydrogens is 276 g/mol. The van der Waals surface area contributed by atoms with E-state index < -0.39 is 11.4 Å². The van der Waals surface area contributed by atoms with Gasteiger partial charge in [0.2, 0.25) is 0 Å². The highest BCUT2D eigenvalue weighted by Gasteiger charge is 2.32. The van der Waals surface area contributed by atoms with Gasteiger partial charge in [0.15, 0.2) is 0 Å². The normalized spacial score (nSPS) is 13.1. The Labute approximate surface area is 130 Å². The van der Waals surface area contributed by atoms with Gasteiger partial charge in [-0.05, 0) is 24.1 Å². The Morgan fingerprint density at radius 1 is 1.09 bits per heavy atom. The molecule has 0 amide bonds. The van der Waals surface area contributed by atoms with Crippen molar-refractivity contribution in [2.75, 3.05) is 13.2 Å². The van der Waals surface area contributed by atoms with Crippen molar-refractivity contribution in [1.82, 2.24) is 0 Å². The fourth-order valence-electron chi connectivity index (χ4n) is 2.39. The molecule has 0 aliphatic carbocycles. The molecule has 0 aromatic heterocycles. The SMILES string of the molecule is C=CCC(CO)(COC(=O)c1ccccc1)c1ccccc1. The van der Waals surface area contributed by atoms with Gasteiger partial charge in [0.05, 0.1) is 17.6 Å². The molecule has 0 radical (unpaired) electrons. The summed E-state index contributed by atoms with van der Waals surface area (Å²) in [6.45, 7) is 3.74. The third-order valence-corrected chi connectivity index (χ3v) is 3.71. The van der Waals surface area contributed by atoms with E-state index >= 15 is 0 Å². The number of rotatable bonds is 7. The van der Waals surface area contributed by atoms with Crippen LogP contribution in [0.5, 0.6) is 0 Å². The summed E-state index contributed by atoms with van der Waals surface area (Å²) in [6.07, 6.45) is 2.26. The molecular formula is C19H20O3. The number of allylic oxidation sites excluding steroid dienone is 1. The molecule has 0 aliphatic heterocycles. The third kappa shape index (κ3) is 3.62. The van der Waals surface area contributed by atoms with E-state index in [2.05, 4.69) is 6.58 Å². The van der Waals surface area contributed by atoms with Crippen LogP contribution in [0.2, 0.25) is 0 Å². The van der Waals surface area contributed by atoms with Crippen molar-refractivity contribution in [3.8, 4) is 0 Å². The molecule has 114 valence electrons. The average Bonchev–Trinajstić information content (AvgIpc) is 2.60. The number of aliphatic hydroxyl groups is 1. The molecule has 2 rings (SSSR count). The molecule has 0 aliphatic rings. The largest absolute Gasteiger partial charge is 0.461 e. The van der Waals surface area contributed by atoms with Crippen molar-refractivity contribution in [1.29, 1.82) is 0 Å². The molecule has 0 spiro atoms. The van der Waals surface area contributed by atoms with Gasteiger partial charge in [0.1, 0.15) is 6.61 Å². The van der Waals surface area contributed by atoms with Gasteiger partial charge < -0.3 is 9.84 Å². The van der Waals surface area contributed by atoms with Crippen molar-refractivity contribution < 1.29 is 14.6 Å². The van der Waals surface area contributed by atoms with Crippen molar-refractivity contribution in [3.05, 3.63) is 84.4 Å². The smallest absolute Gasteiger partial charge is 0.338 e. The Morgan fingerprint density at radius 3 is 2.23 bits per heavy atom. The maximum Gasteiger partial charge on any atom is 0.338 e. The molecule has 3 heteroatoms. The molecule has 1 atom stereocenters. The van der Waals surface area contributed by atoms with Crippen LogP contribution in [0.25, 0.3) is 0 Å². The fraction of sp³-hybridized carbons (Fsp3) is 0.211. The van der Waals surface area contributed by atoms with Crippen molar-refractivity contribution >= 4 is 5.97 Å². The van der Waals surface area contributed by atoms with E-state index in [1.165, 1.54) is 0 Å². The number of ether oxygens (including phenoxy) is 1. The summed E-state index contributed by atoms with van der Waals surface area (Å²) in [6, 6.07) is 18.4. The van der Waals surface area contributed by atoms with Crippen molar-refractivity contribution in [3.63, 3.8) is 0 Å². The molecule has 3 nitrogen and oxygen atoms in total. The van der Waals surface area contributed by atoms with Crippen LogP contribution in [-0.4, -0.2) is 24.3 Å². The molecule has 1 unspecified atom stereocenters. The predicted octanol–water partition coefficient (Wildman–Crippen LogP) is 3.35. The Kier molecular flexibility index (Phi) is 5.50. The third-order valence-electron chi connectivity index (χ3n) is 3.71. The first-order valence-electron chi connectivity index (χ1n) is 7.21. The molecule has 1 N–H and O–H groups in total. The Morgan fingerprint density at radius 2 is 1.68 bits per heavy atom. The summed E-state index contributed by atoms with van der Waals surface area (Å²) >= 11 is 0. The van der Waals surface area contributed by atoms with E-state index in [4.69, 9.17) is 4.74 Å². The molecule has 0 saturated carbocycles. The van der Waals surface area contributed by atoms with E-state index in [-0.39, 0.29) is 13.2 Å². The van der Waals surface area contributed by atoms with Gasteiger partial charge in [-0.1, -0.05) is 54.6 Å². The highest BCUT2D eigenvalue weighted by atomic mass is 16.5. The Bertz CT molecular complexity index is 607. The first kappa shape index (κ1) is 16.0. The molecule has 2 aromatic carbocycles. The number of benzene rings is 2. The number of carbonyl (C=O) groups excluding carboxylic acids is 1. The van der Waals surface area contributed by atoms with Gasteiger partial charge in [-0.3, -0.25) is 0 Å². The molecule has 0 fully saturated rings. The van der Waals surface area contributed by atoms with Gasteiger partial charge in [0, 0.05) is 0 Å². The van der Waals surface area contributed by atoms with Crippen LogP contribution in [0.15, 0.2) is 73.3 Å². The van der Waals surface area contributed by atoms with Gasteiger partial charge >= 0.3 is 5.97 Å². The summed E-state index contributed by atoms with van der Waals surface area (Å²) in [4.78, 5) is 12.1. The molecule has 0 bridgehead atoms. The second kappa shape index (κ2) is 7.57. The summed E-state index contributed by atoms with van der Waals surface area (Å²) in [5, 5.41) is 9.91. The van der Waals surface area contributed by atoms with Crippen LogP contribution in [-0.2, 0) is 10.2 Å². The van der Waals surface area contributed by atoms with Crippen LogP contribution >= 0.6 is 0 Å². The van der Waals surface area contributed by atoms with Crippen LogP contribution < -0.4 is 0 Å². The van der Waals surface area contributed by atoms with E-state index in [1.54, 1.807) is 30.3 Å². The maximum absolute atomic E-state index is 12.1. The van der Waals surface area contributed by atoms with Crippen LogP contribution in [0.4, 0.5) is 0 Å². The van der Waals surface area contributed by atoms with E-state index in [0.717, 1.165) is 5.56 Å². The van der Waals surface area contributed by atoms with Crippen molar-refractivity contribution in [2.24, 2.45) is 0 Å². The van der Waals surface area contributed by atoms with Gasteiger partial charge in [-0.15, -0.1) is 6.58 Å². The lowest BCUT2D eigenvalue weighted by molar-refractivity contribution is 0.0320. The van der Waals surface area contributed by atoms with Crippen LogP contribution in [0.1, 0.15) is 22.3 Å². The molecule has 22 heavy (non-hydrogen) atoms. The second-order valence-corrected chi connectivity index (χ2v) is 5.24. The monoisotopic (exact) mass is 296 g/mol.